The highest BCUT2D eigenvalue weighted by atomic mass is 79.9. The van der Waals surface area contributed by atoms with E-state index in [0.717, 1.165) is 21.3 Å². The van der Waals surface area contributed by atoms with Crippen LogP contribution in [0, 0.1) is 25.2 Å². The van der Waals surface area contributed by atoms with Crippen molar-refractivity contribution in [3.63, 3.8) is 0 Å². The molecule has 3 heteroatoms. The smallest absolute Gasteiger partial charge is 0.133 e. The second-order valence-electron chi connectivity index (χ2n) is 2.82. The molecule has 0 bridgehead atoms. The minimum absolute atomic E-state index is 0.715. The van der Waals surface area contributed by atoms with Crippen LogP contribution in [0.25, 0.3) is 0 Å². The fourth-order valence-corrected chi connectivity index (χ4v) is 1.72. The second kappa shape index (κ2) is 3.80. The summed E-state index contributed by atoms with van der Waals surface area (Å²) >= 11 is 3.39. The van der Waals surface area contributed by atoms with Gasteiger partial charge in [0.15, 0.2) is 0 Å². The Hall–Kier alpha value is -1.01. The summed E-state index contributed by atoms with van der Waals surface area (Å²) in [4.78, 5) is 0. The van der Waals surface area contributed by atoms with Crippen LogP contribution in [-0.4, -0.2) is 7.11 Å². The molecule has 1 rings (SSSR count). The maximum atomic E-state index is 8.88. The summed E-state index contributed by atoms with van der Waals surface area (Å²) in [7, 11) is 1.62. The van der Waals surface area contributed by atoms with E-state index in [2.05, 4.69) is 22.0 Å². The van der Waals surface area contributed by atoms with E-state index in [-0.39, 0.29) is 0 Å². The summed E-state index contributed by atoms with van der Waals surface area (Å²) in [5, 5.41) is 8.88. The Morgan fingerprint density at radius 1 is 1.46 bits per heavy atom. The third-order valence-corrected chi connectivity index (χ3v) is 2.98. The van der Waals surface area contributed by atoms with Gasteiger partial charge in [0.2, 0.25) is 0 Å². The van der Waals surface area contributed by atoms with Gasteiger partial charge in [0.25, 0.3) is 0 Å². The van der Waals surface area contributed by atoms with Crippen molar-refractivity contribution in [3.05, 3.63) is 27.2 Å². The minimum atomic E-state index is 0.715. The molecular formula is C10H10BrNO. The lowest BCUT2D eigenvalue weighted by molar-refractivity contribution is 0.411. The number of halogens is 1. The molecule has 0 saturated heterocycles. The first-order valence-corrected chi connectivity index (χ1v) is 4.65. The van der Waals surface area contributed by atoms with E-state index < -0.39 is 0 Å². The molecule has 0 aliphatic carbocycles. The molecule has 0 atom stereocenters. The topological polar surface area (TPSA) is 33.0 Å². The highest BCUT2D eigenvalue weighted by molar-refractivity contribution is 9.10. The van der Waals surface area contributed by atoms with Gasteiger partial charge in [-0.15, -0.1) is 0 Å². The van der Waals surface area contributed by atoms with Crippen molar-refractivity contribution < 1.29 is 4.74 Å². The maximum absolute atomic E-state index is 8.88. The molecule has 0 N–H and O–H groups in total. The lowest BCUT2D eigenvalue weighted by Gasteiger charge is -2.09. The van der Waals surface area contributed by atoms with Crippen molar-refractivity contribution in [3.8, 4) is 11.8 Å². The highest BCUT2D eigenvalue weighted by Crippen LogP contribution is 2.32. The molecule has 0 unspecified atom stereocenters. The number of nitriles is 1. The average molecular weight is 240 g/mol. The van der Waals surface area contributed by atoms with Crippen LogP contribution < -0.4 is 4.74 Å². The van der Waals surface area contributed by atoms with Crippen LogP contribution in [-0.2, 0) is 0 Å². The number of hydrogen-bond donors (Lipinski definition) is 0. The number of aryl methyl sites for hydroxylation is 1. The summed E-state index contributed by atoms with van der Waals surface area (Å²) in [6.45, 7) is 3.80. The first-order chi connectivity index (χ1) is 6.11. The molecule has 0 heterocycles. The number of benzene rings is 1. The van der Waals surface area contributed by atoms with E-state index in [1.807, 2.05) is 19.9 Å². The molecule has 0 aliphatic rings. The van der Waals surface area contributed by atoms with Gasteiger partial charge in [-0.2, -0.15) is 5.26 Å². The van der Waals surface area contributed by atoms with Crippen LogP contribution in [0.5, 0.6) is 5.75 Å². The zero-order valence-corrected chi connectivity index (χ0v) is 9.40. The van der Waals surface area contributed by atoms with E-state index in [0.29, 0.717) is 5.56 Å². The maximum Gasteiger partial charge on any atom is 0.133 e. The molecule has 2 nitrogen and oxygen atoms in total. The molecule has 0 radical (unpaired) electrons. The normalized spacial score (nSPS) is 9.46. The van der Waals surface area contributed by atoms with Crippen molar-refractivity contribution in [2.45, 2.75) is 13.8 Å². The third kappa shape index (κ3) is 1.68. The first kappa shape index (κ1) is 10.1. The van der Waals surface area contributed by atoms with E-state index in [1.165, 1.54) is 0 Å². The minimum Gasteiger partial charge on any atom is -0.496 e. The molecule has 13 heavy (non-hydrogen) atoms. The third-order valence-electron chi connectivity index (χ3n) is 1.99. The Labute approximate surface area is 86.3 Å². The van der Waals surface area contributed by atoms with Crippen molar-refractivity contribution in [2.24, 2.45) is 0 Å². The van der Waals surface area contributed by atoms with Gasteiger partial charge in [0, 0.05) is 0 Å². The molecule has 0 fully saturated rings. The van der Waals surface area contributed by atoms with Gasteiger partial charge in [-0.1, -0.05) is 0 Å². The Balaban J connectivity index is 3.48. The number of methoxy groups -OCH3 is 1. The highest BCUT2D eigenvalue weighted by Gasteiger charge is 2.10. The molecule has 1 aromatic carbocycles. The van der Waals surface area contributed by atoms with E-state index in [9.17, 15) is 0 Å². The summed E-state index contributed by atoms with van der Waals surface area (Å²) in [6, 6.07) is 4.03. The first-order valence-electron chi connectivity index (χ1n) is 3.85. The van der Waals surface area contributed by atoms with E-state index in [1.54, 1.807) is 7.11 Å². The quantitative estimate of drug-likeness (QED) is 0.755. The predicted octanol–water partition coefficient (Wildman–Crippen LogP) is 2.95. The fraction of sp³-hybridized carbons (Fsp3) is 0.300. The molecule has 68 valence electrons. The van der Waals surface area contributed by atoms with Crippen LogP contribution in [0.1, 0.15) is 16.7 Å². The largest absolute Gasteiger partial charge is 0.496 e. The molecule has 0 aliphatic heterocycles. The molecule has 0 aromatic heterocycles. The van der Waals surface area contributed by atoms with Crippen LogP contribution >= 0.6 is 15.9 Å². The van der Waals surface area contributed by atoms with Crippen LogP contribution in [0.4, 0.5) is 0 Å². The van der Waals surface area contributed by atoms with Gasteiger partial charge in [-0.25, -0.2) is 0 Å². The van der Waals surface area contributed by atoms with E-state index >= 15 is 0 Å². The molecule has 0 spiro atoms. The SMILES string of the molecule is COc1cc(C)c(C#N)c(C)c1Br. The molecular weight excluding hydrogens is 230 g/mol. The summed E-state index contributed by atoms with van der Waals surface area (Å²) in [5.41, 5.74) is 2.59. The zero-order chi connectivity index (χ0) is 10.0. The second-order valence-corrected chi connectivity index (χ2v) is 3.61. The Bertz CT molecular complexity index is 379. The van der Waals surface area contributed by atoms with Crippen LogP contribution in [0.3, 0.4) is 0 Å². The van der Waals surface area contributed by atoms with Crippen LogP contribution in [0.2, 0.25) is 0 Å². The summed E-state index contributed by atoms with van der Waals surface area (Å²) in [5.74, 6) is 0.772. The Kier molecular flexibility index (Phi) is 2.94. The number of ether oxygens (including phenoxy) is 1. The summed E-state index contributed by atoms with van der Waals surface area (Å²) < 4.78 is 6.01. The fourth-order valence-electron chi connectivity index (χ4n) is 1.24. The predicted molar refractivity (Wildman–Crippen MR) is 54.9 cm³/mol. The number of hydrogen-bond acceptors (Lipinski definition) is 2. The van der Waals surface area contributed by atoms with Gasteiger partial charge in [0.1, 0.15) is 5.75 Å². The summed E-state index contributed by atoms with van der Waals surface area (Å²) in [6.07, 6.45) is 0. The molecule has 0 saturated carbocycles. The van der Waals surface area contributed by atoms with Gasteiger partial charge in [-0.05, 0) is 47.0 Å². The Morgan fingerprint density at radius 2 is 2.08 bits per heavy atom. The van der Waals surface area contributed by atoms with Crippen molar-refractivity contribution in [2.75, 3.05) is 7.11 Å². The van der Waals surface area contributed by atoms with Gasteiger partial charge < -0.3 is 4.74 Å². The van der Waals surface area contributed by atoms with Crippen molar-refractivity contribution in [1.82, 2.24) is 0 Å². The average Bonchev–Trinajstić information content (AvgIpc) is 2.12. The monoisotopic (exact) mass is 239 g/mol. The lowest BCUT2D eigenvalue weighted by Crippen LogP contribution is -1.93. The van der Waals surface area contributed by atoms with Gasteiger partial charge >= 0.3 is 0 Å². The zero-order valence-electron chi connectivity index (χ0n) is 7.81. The van der Waals surface area contributed by atoms with Crippen molar-refractivity contribution >= 4 is 15.9 Å². The Morgan fingerprint density at radius 3 is 2.54 bits per heavy atom. The standard InChI is InChI=1S/C10H10BrNO/c1-6-4-9(13-3)10(11)7(2)8(6)5-12/h4H,1-3H3. The van der Waals surface area contributed by atoms with Crippen molar-refractivity contribution in [1.29, 1.82) is 5.26 Å². The van der Waals surface area contributed by atoms with E-state index in [4.69, 9.17) is 10.00 Å². The lowest BCUT2D eigenvalue weighted by atomic mass is 10.0. The number of rotatable bonds is 1. The molecule has 1 aromatic rings. The van der Waals surface area contributed by atoms with Crippen LogP contribution in [0.15, 0.2) is 10.5 Å². The van der Waals surface area contributed by atoms with Gasteiger partial charge in [-0.3, -0.25) is 0 Å². The molecule has 0 amide bonds. The number of nitrogens with zero attached hydrogens (tertiary/aromatic N) is 1. The van der Waals surface area contributed by atoms with Gasteiger partial charge in [0.05, 0.1) is 23.2 Å².